The molecule has 0 fully saturated rings. The lowest BCUT2D eigenvalue weighted by molar-refractivity contribution is -0.389. The van der Waals surface area contributed by atoms with Crippen molar-refractivity contribution in [1.29, 1.82) is 0 Å². The second-order valence-corrected chi connectivity index (χ2v) is 3.92. The van der Waals surface area contributed by atoms with E-state index in [-0.39, 0.29) is 18.3 Å². The number of rotatable bonds is 5. The van der Waals surface area contributed by atoms with Crippen LogP contribution in [0.25, 0.3) is 0 Å². The van der Waals surface area contributed by atoms with Crippen molar-refractivity contribution in [3.8, 4) is 0 Å². The Bertz CT molecular complexity index is 580. The number of carbonyl (C=O) groups is 1. The Hall–Kier alpha value is -2.70. The highest BCUT2D eigenvalue weighted by Gasteiger charge is 2.11. The molecule has 98 valence electrons. The molecule has 0 unspecified atom stereocenters. The molecule has 1 heterocycles. The molecule has 2 rings (SSSR count). The van der Waals surface area contributed by atoms with Crippen LogP contribution in [0.1, 0.15) is 5.56 Å². The number of hydrogen-bond acceptors (Lipinski definition) is 4. The fraction of sp³-hybridized carbons (Fsp3) is 0.167. The number of amides is 1. The molecule has 0 spiro atoms. The lowest BCUT2D eigenvalue weighted by atomic mass is 10.2. The van der Waals surface area contributed by atoms with Gasteiger partial charge in [0.25, 0.3) is 0 Å². The third kappa shape index (κ3) is 3.63. The number of imidazole rings is 1. The highest BCUT2D eigenvalue weighted by atomic mass is 16.6. The second-order valence-electron chi connectivity index (χ2n) is 3.92. The average Bonchev–Trinajstić information content (AvgIpc) is 2.86. The average molecular weight is 260 g/mol. The third-order valence-electron chi connectivity index (χ3n) is 2.47. The van der Waals surface area contributed by atoms with Crippen LogP contribution in [-0.2, 0) is 17.9 Å². The van der Waals surface area contributed by atoms with Crippen molar-refractivity contribution >= 4 is 11.7 Å². The van der Waals surface area contributed by atoms with Gasteiger partial charge >= 0.3 is 5.82 Å². The number of nitrogens with one attached hydrogen (secondary N) is 1. The number of aromatic nitrogens is 2. The molecule has 19 heavy (non-hydrogen) atoms. The molecule has 0 saturated heterocycles. The molecule has 0 atom stereocenters. The molecule has 0 radical (unpaired) electrons. The van der Waals surface area contributed by atoms with E-state index in [0.717, 1.165) is 5.56 Å². The van der Waals surface area contributed by atoms with Gasteiger partial charge in [-0.15, -0.1) is 0 Å². The predicted octanol–water partition coefficient (Wildman–Crippen LogP) is 1.11. The summed E-state index contributed by atoms with van der Waals surface area (Å²) in [5.41, 5.74) is 0.993. The van der Waals surface area contributed by atoms with Crippen LogP contribution in [0.15, 0.2) is 42.9 Å². The third-order valence-corrected chi connectivity index (χ3v) is 2.47. The van der Waals surface area contributed by atoms with Gasteiger partial charge in [-0.05, 0) is 15.5 Å². The molecule has 7 nitrogen and oxygen atoms in total. The molecule has 0 saturated carbocycles. The van der Waals surface area contributed by atoms with Gasteiger partial charge in [0.15, 0.2) is 0 Å². The summed E-state index contributed by atoms with van der Waals surface area (Å²) < 4.78 is 1.37. The zero-order valence-electron chi connectivity index (χ0n) is 10.0. The smallest absolute Gasteiger partial charge is 0.358 e. The first kappa shape index (κ1) is 12.7. The molecular weight excluding hydrogens is 248 g/mol. The highest BCUT2D eigenvalue weighted by Crippen LogP contribution is 2.05. The van der Waals surface area contributed by atoms with Crippen molar-refractivity contribution in [3.05, 3.63) is 58.5 Å². The lowest BCUT2D eigenvalue weighted by Crippen LogP contribution is -2.26. The zero-order chi connectivity index (χ0) is 13.7. The van der Waals surface area contributed by atoms with Gasteiger partial charge < -0.3 is 20.0 Å². The fourth-order valence-electron chi connectivity index (χ4n) is 1.55. The standard InChI is InChI=1S/C12H12N4O3/c17-12(13-6-10-4-2-1-3-5-10)8-15-7-11(14-9-15)16(18)19/h1-5,7,9H,6,8H2,(H,13,17). The Morgan fingerprint density at radius 2 is 2.11 bits per heavy atom. The van der Waals surface area contributed by atoms with Crippen molar-refractivity contribution in [1.82, 2.24) is 14.9 Å². The van der Waals surface area contributed by atoms with Crippen LogP contribution in [0, 0.1) is 10.1 Å². The van der Waals surface area contributed by atoms with E-state index in [9.17, 15) is 14.9 Å². The summed E-state index contributed by atoms with van der Waals surface area (Å²) in [6.45, 7) is 0.435. The molecule has 0 bridgehead atoms. The van der Waals surface area contributed by atoms with Crippen molar-refractivity contribution in [2.24, 2.45) is 0 Å². The van der Waals surface area contributed by atoms with E-state index in [0.29, 0.717) is 6.54 Å². The Morgan fingerprint density at radius 1 is 1.37 bits per heavy atom. The van der Waals surface area contributed by atoms with Gasteiger partial charge in [-0.1, -0.05) is 30.3 Å². The summed E-state index contributed by atoms with van der Waals surface area (Å²) in [4.78, 5) is 25.0. The number of hydrogen-bond donors (Lipinski definition) is 1. The van der Waals surface area contributed by atoms with Crippen molar-refractivity contribution in [2.45, 2.75) is 13.1 Å². The van der Waals surface area contributed by atoms with Crippen LogP contribution in [0.5, 0.6) is 0 Å². The van der Waals surface area contributed by atoms with Crippen molar-refractivity contribution in [3.63, 3.8) is 0 Å². The summed E-state index contributed by atoms with van der Waals surface area (Å²) in [6, 6.07) is 9.49. The maximum absolute atomic E-state index is 11.6. The van der Waals surface area contributed by atoms with Gasteiger partial charge in [0, 0.05) is 6.54 Å². The molecule has 2 aromatic rings. The highest BCUT2D eigenvalue weighted by molar-refractivity contribution is 5.75. The first-order chi connectivity index (χ1) is 9.15. The quantitative estimate of drug-likeness (QED) is 0.644. The lowest BCUT2D eigenvalue weighted by Gasteiger charge is -2.04. The molecule has 0 aliphatic heterocycles. The van der Waals surface area contributed by atoms with Crippen LogP contribution in [0.3, 0.4) is 0 Å². The number of benzene rings is 1. The number of nitro groups is 1. The Kier molecular flexibility index (Phi) is 3.87. The van der Waals surface area contributed by atoms with Crippen LogP contribution in [-0.4, -0.2) is 20.4 Å². The zero-order valence-corrected chi connectivity index (χ0v) is 10.0. The van der Waals surface area contributed by atoms with E-state index in [4.69, 9.17) is 0 Å². The van der Waals surface area contributed by atoms with E-state index in [1.54, 1.807) is 0 Å². The van der Waals surface area contributed by atoms with Crippen LogP contribution in [0.2, 0.25) is 0 Å². The topological polar surface area (TPSA) is 90.1 Å². The van der Waals surface area contributed by atoms with Crippen molar-refractivity contribution < 1.29 is 9.72 Å². The summed E-state index contributed by atoms with van der Waals surface area (Å²) in [6.07, 6.45) is 2.49. The molecular formula is C12H12N4O3. The molecule has 0 aliphatic carbocycles. The van der Waals surface area contributed by atoms with E-state index >= 15 is 0 Å². The minimum Gasteiger partial charge on any atom is -0.358 e. The summed E-state index contributed by atoms with van der Waals surface area (Å²) in [5.74, 6) is -0.494. The minimum absolute atomic E-state index is 0.00761. The fourth-order valence-corrected chi connectivity index (χ4v) is 1.55. The summed E-state index contributed by atoms with van der Waals surface area (Å²) in [7, 11) is 0. The first-order valence-electron chi connectivity index (χ1n) is 5.62. The Morgan fingerprint density at radius 3 is 2.74 bits per heavy atom. The SMILES string of the molecule is O=C(Cn1cnc([N+](=O)[O-])c1)NCc1ccccc1. The van der Waals surface area contributed by atoms with E-state index < -0.39 is 4.92 Å². The summed E-state index contributed by atoms with van der Waals surface area (Å²) >= 11 is 0. The van der Waals surface area contributed by atoms with Crippen LogP contribution >= 0.6 is 0 Å². The largest absolute Gasteiger partial charge is 0.381 e. The Labute approximate surface area is 109 Å². The van der Waals surface area contributed by atoms with Gasteiger partial charge in [0.2, 0.25) is 12.2 Å². The van der Waals surface area contributed by atoms with Gasteiger partial charge in [-0.2, -0.15) is 0 Å². The van der Waals surface area contributed by atoms with E-state index in [1.807, 2.05) is 30.3 Å². The van der Waals surface area contributed by atoms with Crippen LogP contribution in [0.4, 0.5) is 5.82 Å². The molecule has 1 N–H and O–H groups in total. The van der Waals surface area contributed by atoms with Gasteiger partial charge in [-0.3, -0.25) is 4.79 Å². The normalized spacial score (nSPS) is 10.1. The van der Waals surface area contributed by atoms with Gasteiger partial charge in [0.05, 0.1) is 0 Å². The van der Waals surface area contributed by atoms with Gasteiger partial charge in [0.1, 0.15) is 12.7 Å². The minimum atomic E-state index is -0.599. The molecule has 1 aromatic carbocycles. The second kappa shape index (κ2) is 5.76. The predicted molar refractivity (Wildman–Crippen MR) is 67.2 cm³/mol. The maximum atomic E-state index is 11.6. The van der Waals surface area contributed by atoms with E-state index in [2.05, 4.69) is 10.3 Å². The summed E-state index contributed by atoms with van der Waals surface area (Å²) in [5, 5.41) is 13.2. The molecule has 7 heteroatoms. The molecule has 1 aromatic heterocycles. The van der Waals surface area contributed by atoms with Gasteiger partial charge in [-0.25, -0.2) is 0 Å². The van der Waals surface area contributed by atoms with Crippen LogP contribution < -0.4 is 5.32 Å². The van der Waals surface area contributed by atoms with E-state index in [1.165, 1.54) is 17.1 Å². The first-order valence-corrected chi connectivity index (χ1v) is 5.62. The number of carbonyl (C=O) groups excluding carboxylic acids is 1. The Balaban J connectivity index is 1.85. The molecule has 1 amide bonds. The molecule has 0 aliphatic rings. The monoisotopic (exact) mass is 260 g/mol. The number of nitrogens with zero attached hydrogens (tertiary/aromatic N) is 3. The van der Waals surface area contributed by atoms with Crippen molar-refractivity contribution in [2.75, 3.05) is 0 Å². The maximum Gasteiger partial charge on any atom is 0.381 e.